The number of nitrogens with zero attached hydrogens (tertiary/aromatic N) is 2. The van der Waals surface area contributed by atoms with Gasteiger partial charge in [0.25, 0.3) is 0 Å². The van der Waals surface area contributed by atoms with E-state index in [9.17, 15) is 9.59 Å². The van der Waals surface area contributed by atoms with Gasteiger partial charge in [0.05, 0.1) is 14.2 Å². The zero-order valence-electron chi connectivity index (χ0n) is 12.0. The highest BCUT2D eigenvalue weighted by Gasteiger charge is 2.20. The van der Waals surface area contributed by atoms with Crippen molar-refractivity contribution in [2.24, 2.45) is 9.98 Å². The summed E-state index contributed by atoms with van der Waals surface area (Å²) in [6.07, 6.45) is 2.86. The molecule has 110 valence electrons. The molecular weight excluding hydrogens is 284 g/mol. The van der Waals surface area contributed by atoms with Crippen molar-refractivity contribution >= 4 is 23.5 Å². The van der Waals surface area contributed by atoms with Crippen molar-refractivity contribution in [2.75, 3.05) is 14.2 Å². The highest BCUT2D eigenvalue weighted by molar-refractivity contribution is 5.87. The average molecular weight is 296 g/mol. The molecule has 0 atom stereocenters. The molecule has 0 unspecified atom stereocenters. The number of ether oxygens (including phenoxy) is 2. The van der Waals surface area contributed by atoms with Crippen LogP contribution in [0, 0.1) is 0 Å². The van der Waals surface area contributed by atoms with E-state index in [1.165, 1.54) is 26.4 Å². The Morgan fingerprint density at radius 2 is 1.55 bits per heavy atom. The van der Waals surface area contributed by atoms with E-state index in [1.54, 1.807) is 6.07 Å². The van der Waals surface area contributed by atoms with Gasteiger partial charge in [0.2, 0.25) is 12.2 Å². The molecule has 0 heterocycles. The van der Waals surface area contributed by atoms with E-state index >= 15 is 0 Å². The third kappa shape index (κ3) is 2.79. The van der Waals surface area contributed by atoms with Gasteiger partial charge in [0, 0.05) is 5.56 Å². The molecule has 0 radical (unpaired) electrons. The molecule has 0 saturated heterocycles. The molecule has 2 aromatic rings. The van der Waals surface area contributed by atoms with Crippen molar-refractivity contribution in [1.29, 1.82) is 0 Å². The van der Waals surface area contributed by atoms with Crippen molar-refractivity contribution in [3.05, 3.63) is 36.4 Å². The molecule has 2 rings (SSSR count). The molecule has 0 aliphatic rings. The molecule has 22 heavy (non-hydrogen) atoms. The Labute approximate surface area is 126 Å². The molecule has 6 nitrogen and oxygen atoms in total. The summed E-state index contributed by atoms with van der Waals surface area (Å²) in [6.45, 7) is 0. The van der Waals surface area contributed by atoms with Crippen LogP contribution in [0.2, 0.25) is 0 Å². The molecule has 0 aromatic heterocycles. The van der Waals surface area contributed by atoms with E-state index in [1.807, 2.05) is 30.3 Å². The fourth-order valence-electron chi connectivity index (χ4n) is 2.13. The number of hydrogen-bond acceptors (Lipinski definition) is 6. The Morgan fingerprint density at radius 1 is 0.909 bits per heavy atom. The Kier molecular flexibility index (Phi) is 4.83. The van der Waals surface area contributed by atoms with Crippen molar-refractivity contribution in [3.63, 3.8) is 0 Å². The fraction of sp³-hybridized carbons (Fsp3) is 0.125. The standard InChI is InChI=1S/C16H12N2O4/c1-21-15-12(11-6-4-3-5-7-11)8-13(17-9-19)14(18-10-20)16(15)22-2/h3-8H,1-2H3. The Morgan fingerprint density at radius 3 is 2.09 bits per heavy atom. The maximum Gasteiger partial charge on any atom is 0.240 e. The van der Waals surface area contributed by atoms with Gasteiger partial charge in [0.1, 0.15) is 11.4 Å². The predicted octanol–water partition coefficient (Wildman–Crippen LogP) is 3.31. The lowest BCUT2D eigenvalue weighted by Crippen LogP contribution is -1.94. The molecule has 0 aliphatic carbocycles. The number of hydrogen-bond donors (Lipinski definition) is 0. The third-order valence-electron chi connectivity index (χ3n) is 3.01. The lowest BCUT2D eigenvalue weighted by Gasteiger charge is -2.15. The van der Waals surface area contributed by atoms with Crippen molar-refractivity contribution in [1.82, 2.24) is 0 Å². The number of aliphatic imine (C=N–C) groups is 2. The number of isocyanates is 2. The number of carbonyl (C=O) groups excluding carboxylic acids is 2. The zero-order chi connectivity index (χ0) is 15.9. The second-order valence-corrected chi connectivity index (χ2v) is 4.13. The topological polar surface area (TPSA) is 77.3 Å². The minimum atomic E-state index is 0.0670. The van der Waals surface area contributed by atoms with Gasteiger partial charge >= 0.3 is 0 Å². The first kappa shape index (κ1) is 15.2. The van der Waals surface area contributed by atoms with E-state index in [0.29, 0.717) is 11.3 Å². The predicted molar refractivity (Wildman–Crippen MR) is 80.5 cm³/mol. The largest absolute Gasteiger partial charge is 0.492 e. The monoisotopic (exact) mass is 296 g/mol. The first-order valence-corrected chi connectivity index (χ1v) is 6.27. The van der Waals surface area contributed by atoms with E-state index < -0.39 is 0 Å². The van der Waals surface area contributed by atoms with Crippen LogP contribution in [-0.4, -0.2) is 26.4 Å². The van der Waals surface area contributed by atoms with E-state index in [2.05, 4.69) is 9.98 Å². The summed E-state index contributed by atoms with van der Waals surface area (Å²) >= 11 is 0. The van der Waals surface area contributed by atoms with Crippen LogP contribution in [0.15, 0.2) is 46.4 Å². The van der Waals surface area contributed by atoms with Gasteiger partial charge in [-0.3, -0.25) is 0 Å². The van der Waals surface area contributed by atoms with Gasteiger partial charge < -0.3 is 9.47 Å². The van der Waals surface area contributed by atoms with Gasteiger partial charge in [-0.2, -0.15) is 9.98 Å². The van der Waals surface area contributed by atoms with Crippen LogP contribution >= 0.6 is 0 Å². The number of methoxy groups -OCH3 is 2. The van der Waals surface area contributed by atoms with Crippen LogP contribution < -0.4 is 9.47 Å². The Bertz CT molecular complexity index is 774. The summed E-state index contributed by atoms with van der Waals surface area (Å²) in [6, 6.07) is 10.9. The number of benzene rings is 2. The molecule has 0 spiro atoms. The van der Waals surface area contributed by atoms with Gasteiger partial charge in [-0.05, 0) is 11.6 Å². The molecule has 0 amide bonds. The molecule has 6 heteroatoms. The molecule has 0 saturated carbocycles. The highest BCUT2D eigenvalue weighted by Crippen LogP contribution is 2.49. The van der Waals surface area contributed by atoms with Crippen LogP contribution in [0.4, 0.5) is 11.4 Å². The molecule has 0 bridgehead atoms. The maximum absolute atomic E-state index is 10.6. The quantitative estimate of drug-likeness (QED) is 0.626. The molecule has 0 fully saturated rings. The van der Waals surface area contributed by atoms with Crippen LogP contribution in [0.1, 0.15) is 0 Å². The summed E-state index contributed by atoms with van der Waals surface area (Å²) in [5, 5.41) is 0. The Hall–Kier alpha value is -3.20. The maximum atomic E-state index is 10.6. The van der Waals surface area contributed by atoms with Gasteiger partial charge in [-0.15, -0.1) is 0 Å². The average Bonchev–Trinajstić information content (AvgIpc) is 2.56. The second-order valence-electron chi connectivity index (χ2n) is 4.13. The minimum absolute atomic E-state index is 0.0670. The van der Waals surface area contributed by atoms with Gasteiger partial charge in [0.15, 0.2) is 11.5 Å². The van der Waals surface area contributed by atoms with Crippen LogP contribution in [0.3, 0.4) is 0 Å². The molecular formula is C16H12N2O4. The molecule has 0 aliphatic heterocycles. The summed E-state index contributed by atoms with van der Waals surface area (Å²) < 4.78 is 10.7. The van der Waals surface area contributed by atoms with Gasteiger partial charge in [-0.25, -0.2) is 9.59 Å². The molecule has 2 aromatic carbocycles. The lowest BCUT2D eigenvalue weighted by molar-refractivity contribution is 0.357. The number of rotatable bonds is 5. The van der Waals surface area contributed by atoms with Gasteiger partial charge in [-0.1, -0.05) is 30.3 Å². The molecule has 0 N–H and O–H groups in total. The fourth-order valence-corrected chi connectivity index (χ4v) is 2.13. The summed E-state index contributed by atoms with van der Waals surface area (Å²) in [5.74, 6) is 0.578. The first-order chi connectivity index (χ1) is 10.8. The van der Waals surface area contributed by atoms with Crippen molar-refractivity contribution in [2.45, 2.75) is 0 Å². The highest BCUT2D eigenvalue weighted by atomic mass is 16.5. The SMILES string of the molecule is COc1c(-c2ccccc2)cc(N=C=O)c(N=C=O)c1OC. The third-order valence-corrected chi connectivity index (χ3v) is 3.01. The summed E-state index contributed by atoms with van der Waals surface area (Å²) in [4.78, 5) is 28.4. The minimum Gasteiger partial charge on any atom is -0.492 e. The van der Waals surface area contributed by atoms with E-state index in [4.69, 9.17) is 9.47 Å². The summed E-state index contributed by atoms with van der Waals surface area (Å²) in [5.41, 5.74) is 1.70. The van der Waals surface area contributed by atoms with E-state index in [-0.39, 0.29) is 17.1 Å². The van der Waals surface area contributed by atoms with E-state index in [0.717, 1.165) is 5.56 Å². The van der Waals surface area contributed by atoms with Crippen LogP contribution in [-0.2, 0) is 9.59 Å². The smallest absolute Gasteiger partial charge is 0.240 e. The Balaban J connectivity index is 2.88. The first-order valence-electron chi connectivity index (χ1n) is 6.27. The van der Waals surface area contributed by atoms with Crippen LogP contribution in [0.5, 0.6) is 11.5 Å². The summed E-state index contributed by atoms with van der Waals surface area (Å²) in [7, 11) is 2.88. The van der Waals surface area contributed by atoms with Crippen LogP contribution in [0.25, 0.3) is 11.1 Å². The van der Waals surface area contributed by atoms with Crippen molar-refractivity contribution in [3.8, 4) is 22.6 Å². The normalized spacial score (nSPS) is 9.36. The lowest BCUT2D eigenvalue weighted by atomic mass is 10.0. The second kappa shape index (κ2) is 6.99. The zero-order valence-corrected chi connectivity index (χ0v) is 12.0. The van der Waals surface area contributed by atoms with Crippen molar-refractivity contribution < 1.29 is 19.1 Å².